The quantitative estimate of drug-likeness (QED) is 0.500. The number of rotatable bonds is 6. The van der Waals surface area contributed by atoms with Crippen molar-refractivity contribution < 1.29 is 4.79 Å². The minimum absolute atomic E-state index is 0.0494. The van der Waals surface area contributed by atoms with Gasteiger partial charge in [0.15, 0.2) is 5.16 Å². The van der Waals surface area contributed by atoms with Crippen molar-refractivity contribution >= 4 is 40.2 Å². The van der Waals surface area contributed by atoms with Crippen molar-refractivity contribution in [2.45, 2.75) is 31.6 Å². The summed E-state index contributed by atoms with van der Waals surface area (Å²) in [5, 5.41) is 4.63. The number of fused-ring (bicyclic) bond motifs is 1. The van der Waals surface area contributed by atoms with E-state index in [1.165, 1.54) is 11.8 Å². The van der Waals surface area contributed by atoms with E-state index in [0.717, 1.165) is 5.56 Å². The molecule has 0 aliphatic heterocycles. The highest BCUT2D eigenvalue weighted by Gasteiger charge is 2.15. The SMILES string of the molecule is CC(C)n1c(SCC(=O)NCc2cccc(Cl)c2)nc2ccccc2c1=O. The van der Waals surface area contributed by atoms with E-state index in [-0.39, 0.29) is 23.3 Å². The zero-order valence-corrected chi connectivity index (χ0v) is 16.7. The number of hydrogen-bond donors (Lipinski definition) is 1. The summed E-state index contributed by atoms with van der Waals surface area (Å²) in [5.41, 5.74) is 1.49. The molecule has 3 aromatic rings. The number of carbonyl (C=O) groups is 1. The summed E-state index contributed by atoms with van der Waals surface area (Å²) >= 11 is 7.22. The van der Waals surface area contributed by atoms with E-state index >= 15 is 0 Å². The number of nitrogens with zero attached hydrogens (tertiary/aromatic N) is 2. The number of aromatic nitrogens is 2. The molecule has 0 atom stereocenters. The standard InChI is InChI=1S/C20H20ClN3O2S/c1-13(2)24-19(26)16-8-3-4-9-17(16)23-20(24)27-12-18(25)22-11-14-6-5-7-15(21)10-14/h3-10,13H,11-12H2,1-2H3,(H,22,25). The van der Waals surface area contributed by atoms with Gasteiger partial charge in [-0.25, -0.2) is 4.98 Å². The van der Waals surface area contributed by atoms with E-state index in [1.54, 1.807) is 16.7 Å². The molecule has 0 saturated carbocycles. The van der Waals surface area contributed by atoms with E-state index in [4.69, 9.17) is 11.6 Å². The monoisotopic (exact) mass is 401 g/mol. The van der Waals surface area contributed by atoms with Crippen LogP contribution in [0.5, 0.6) is 0 Å². The number of amides is 1. The second kappa shape index (κ2) is 8.59. The van der Waals surface area contributed by atoms with E-state index in [0.29, 0.717) is 27.6 Å². The summed E-state index contributed by atoms with van der Waals surface area (Å²) in [4.78, 5) is 29.6. The van der Waals surface area contributed by atoms with Crippen molar-refractivity contribution in [2.24, 2.45) is 0 Å². The van der Waals surface area contributed by atoms with Crippen molar-refractivity contribution in [2.75, 3.05) is 5.75 Å². The highest BCUT2D eigenvalue weighted by atomic mass is 35.5. The van der Waals surface area contributed by atoms with Crippen LogP contribution in [0.2, 0.25) is 5.02 Å². The maximum absolute atomic E-state index is 12.8. The van der Waals surface area contributed by atoms with Gasteiger partial charge in [-0.1, -0.05) is 47.6 Å². The molecule has 3 rings (SSSR count). The Kier molecular flexibility index (Phi) is 6.19. The lowest BCUT2D eigenvalue weighted by molar-refractivity contribution is -0.118. The average molecular weight is 402 g/mol. The van der Waals surface area contributed by atoms with Crippen LogP contribution in [0.25, 0.3) is 10.9 Å². The van der Waals surface area contributed by atoms with Crippen molar-refractivity contribution in [3.05, 3.63) is 69.5 Å². The van der Waals surface area contributed by atoms with Crippen molar-refractivity contribution in [3.63, 3.8) is 0 Å². The van der Waals surface area contributed by atoms with E-state index < -0.39 is 0 Å². The van der Waals surface area contributed by atoms with Gasteiger partial charge in [-0.05, 0) is 43.7 Å². The normalized spacial score (nSPS) is 11.1. The van der Waals surface area contributed by atoms with Crippen LogP contribution < -0.4 is 10.9 Å². The largest absolute Gasteiger partial charge is 0.351 e. The molecule has 7 heteroatoms. The lowest BCUT2D eigenvalue weighted by Gasteiger charge is -2.16. The summed E-state index contributed by atoms with van der Waals surface area (Å²) in [6, 6.07) is 14.6. The minimum Gasteiger partial charge on any atom is -0.351 e. The maximum atomic E-state index is 12.8. The first-order valence-corrected chi connectivity index (χ1v) is 9.97. The Morgan fingerprint density at radius 2 is 2.00 bits per heavy atom. The fourth-order valence-electron chi connectivity index (χ4n) is 2.71. The highest BCUT2D eigenvalue weighted by molar-refractivity contribution is 7.99. The van der Waals surface area contributed by atoms with Crippen LogP contribution in [0.1, 0.15) is 25.5 Å². The van der Waals surface area contributed by atoms with Crippen molar-refractivity contribution in [1.82, 2.24) is 14.9 Å². The van der Waals surface area contributed by atoms with Gasteiger partial charge in [-0.2, -0.15) is 0 Å². The van der Waals surface area contributed by atoms with Crippen molar-refractivity contribution in [1.29, 1.82) is 0 Å². The van der Waals surface area contributed by atoms with Crippen LogP contribution in [0, 0.1) is 0 Å². The fraction of sp³-hybridized carbons (Fsp3) is 0.250. The van der Waals surface area contributed by atoms with Gasteiger partial charge in [0.05, 0.1) is 16.7 Å². The molecule has 0 saturated heterocycles. The molecule has 5 nitrogen and oxygen atoms in total. The highest BCUT2D eigenvalue weighted by Crippen LogP contribution is 2.20. The first-order chi connectivity index (χ1) is 13.0. The zero-order valence-electron chi connectivity index (χ0n) is 15.1. The molecule has 1 aromatic heterocycles. The van der Waals surface area contributed by atoms with E-state index in [2.05, 4.69) is 10.3 Å². The lowest BCUT2D eigenvalue weighted by Crippen LogP contribution is -2.27. The Labute approximate surface area is 166 Å². The Balaban J connectivity index is 1.73. The van der Waals surface area contributed by atoms with Crippen LogP contribution in [0.4, 0.5) is 0 Å². The van der Waals surface area contributed by atoms with Crippen molar-refractivity contribution in [3.8, 4) is 0 Å². The van der Waals surface area contributed by atoms with Gasteiger partial charge in [0, 0.05) is 17.6 Å². The Hall–Kier alpha value is -2.31. The Bertz CT molecular complexity index is 1030. The van der Waals surface area contributed by atoms with Crippen LogP contribution in [-0.2, 0) is 11.3 Å². The van der Waals surface area contributed by atoms with Crippen LogP contribution in [0.15, 0.2) is 58.5 Å². The number of hydrogen-bond acceptors (Lipinski definition) is 4. The molecule has 140 valence electrons. The Morgan fingerprint density at radius 3 is 2.74 bits per heavy atom. The number of nitrogens with one attached hydrogen (secondary N) is 1. The number of para-hydroxylation sites is 1. The number of carbonyl (C=O) groups excluding carboxylic acids is 1. The number of halogens is 1. The Morgan fingerprint density at radius 1 is 1.22 bits per heavy atom. The molecule has 0 aliphatic rings. The van der Waals surface area contributed by atoms with E-state index in [1.807, 2.05) is 50.2 Å². The van der Waals surface area contributed by atoms with Gasteiger partial charge >= 0.3 is 0 Å². The summed E-state index contributed by atoms with van der Waals surface area (Å²) < 4.78 is 1.64. The molecule has 1 heterocycles. The fourth-order valence-corrected chi connectivity index (χ4v) is 3.88. The number of thioether (sulfide) groups is 1. The molecule has 2 aromatic carbocycles. The number of benzene rings is 2. The molecule has 0 fully saturated rings. The van der Waals surface area contributed by atoms with Gasteiger partial charge in [0.1, 0.15) is 0 Å². The van der Waals surface area contributed by atoms with Gasteiger partial charge in [-0.3, -0.25) is 14.2 Å². The predicted octanol–water partition coefficient (Wildman–Crippen LogP) is 4.04. The molecule has 0 aliphatic carbocycles. The second-order valence-corrected chi connectivity index (χ2v) is 7.75. The van der Waals surface area contributed by atoms with Gasteiger partial charge in [0.2, 0.25) is 5.91 Å². The molecule has 0 unspecified atom stereocenters. The van der Waals surface area contributed by atoms with Gasteiger partial charge in [0.25, 0.3) is 5.56 Å². The predicted molar refractivity (Wildman–Crippen MR) is 110 cm³/mol. The summed E-state index contributed by atoms with van der Waals surface area (Å²) in [6.07, 6.45) is 0. The maximum Gasteiger partial charge on any atom is 0.262 e. The summed E-state index contributed by atoms with van der Waals surface area (Å²) in [6.45, 7) is 4.27. The minimum atomic E-state index is -0.127. The average Bonchev–Trinajstić information content (AvgIpc) is 2.64. The molecule has 0 bridgehead atoms. The lowest BCUT2D eigenvalue weighted by atomic mass is 10.2. The summed E-state index contributed by atoms with van der Waals surface area (Å²) in [5.74, 6) is 0.0515. The summed E-state index contributed by atoms with van der Waals surface area (Å²) in [7, 11) is 0. The molecule has 0 spiro atoms. The third kappa shape index (κ3) is 4.70. The van der Waals surface area contributed by atoms with Crippen LogP contribution >= 0.6 is 23.4 Å². The van der Waals surface area contributed by atoms with Crippen LogP contribution in [-0.4, -0.2) is 21.2 Å². The first-order valence-electron chi connectivity index (χ1n) is 8.61. The third-order valence-corrected chi connectivity index (χ3v) is 5.19. The smallest absolute Gasteiger partial charge is 0.262 e. The molecule has 27 heavy (non-hydrogen) atoms. The topological polar surface area (TPSA) is 64.0 Å². The first kappa shape index (κ1) is 19.5. The van der Waals surface area contributed by atoms with E-state index in [9.17, 15) is 9.59 Å². The van der Waals surface area contributed by atoms with Gasteiger partial charge in [-0.15, -0.1) is 0 Å². The molecular formula is C20H20ClN3O2S. The molecule has 1 N–H and O–H groups in total. The second-order valence-electron chi connectivity index (χ2n) is 6.38. The third-order valence-electron chi connectivity index (χ3n) is 4.00. The molecular weight excluding hydrogens is 382 g/mol. The van der Waals surface area contributed by atoms with Crippen LogP contribution in [0.3, 0.4) is 0 Å². The molecule has 0 radical (unpaired) electrons. The molecule has 1 amide bonds. The zero-order chi connectivity index (χ0) is 19.4. The van der Waals surface area contributed by atoms with Gasteiger partial charge < -0.3 is 5.32 Å².